The van der Waals surface area contributed by atoms with Crippen LogP contribution in [0.4, 0.5) is 11.6 Å². The summed E-state index contributed by atoms with van der Waals surface area (Å²) in [5.41, 5.74) is 3.07. The number of nitrogens with zero attached hydrogens (tertiary/aromatic N) is 2. The van der Waals surface area contributed by atoms with Crippen LogP contribution < -0.4 is 10.0 Å². The highest BCUT2D eigenvalue weighted by Crippen LogP contribution is 2.24. The van der Waals surface area contributed by atoms with E-state index in [1.165, 1.54) is 36.0 Å². The number of sulfonamides is 1. The number of amides is 1. The fourth-order valence-electron chi connectivity index (χ4n) is 2.65. The summed E-state index contributed by atoms with van der Waals surface area (Å²) in [4.78, 5) is 16.5. The van der Waals surface area contributed by atoms with E-state index in [-0.39, 0.29) is 22.4 Å². The lowest BCUT2D eigenvalue weighted by atomic mass is 10.3. The third-order valence-electron chi connectivity index (χ3n) is 4.43. The third kappa shape index (κ3) is 4.72. The molecule has 160 valence electrons. The van der Waals surface area contributed by atoms with Gasteiger partial charge < -0.3 is 14.3 Å². The standard InChI is InChI=1S/C20H18N4O5S2/c1-12-13(2)23-29-19(12)24-31(26,27)15-9-7-14(8-10-15)21-18(25)11-30-20-22-16-5-3-4-6-17(16)28-20/h3-10,24H,11H2,1-2H3,(H,21,25). The molecule has 2 N–H and O–H groups in total. The van der Waals surface area contributed by atoms with Crippen LogP contribution in [0, 0.1) is 13.8 Å². The molecule has 2 aromatic carbocycles. The molecule has 0 fully saturated rings. The average molecular weight is 459 g/mol. The minimum atomic E-state index is -3.85. The van der Waals surface area contributed by atoms with Gasteiger partial charge in [-0.3, -0.25) is 4.79 Å². The second kappa shape index (κ2) is 8.44. The van der Waals surface area contributed by atoms with Crippen molar-refractivity contribution in [2.75, 3.05) is 15.8 Å². The molecule has 0 aliphatic rings. The summed E-state index contributed by atoms with van der Waals surface area (Å²) in [7, 11) is -3.85. The van der Waals surface area contributed by atoms with Gasteiger partial charge in [0, 0.05) is 11.3 Å². The average Bonchev–Trinajstić information content (AvgIpc) is 3.30. The van der Waals surface area contributed by atoms with Gasteiger partial charge in [0.1, 0.15) is 5.52 Å². The number of carbonyl (C=O) groups excluding carboxylic acids is 1. The van der Waals surface area contributed by atoms with Gasteiger partial charge in [-0.25, -0.2) is 18.1 Å². The van der Waals surface area contributed by atoms with Gasteiger partial charge in [0.05, 0.1) is 16.3 Å². The molecule has 11 heteroatoms. The van der Waals surface area contributed by atoms with Crippen LogP contribution in [0.2, 0.25) is 0 Å². The largest absolute Gasteiger partial charge is 0.431 e. The van der Waals surface area contributed by atoms with Crippen molar-refractivity contribution >= 4 is 50.4 Å². The molecule has 4 aromatic rings. The number of hydrogen-bond donors (Lipinski definition) is 2. The first-order valence-electron chi connectivity index (χ1n) is 9.16. The molecule has 0 unspecified atom stereocenters. The summed E-state index contributed by atoms with van der Waals surface area (Å²) in [6.45, 7) is 3.43. The van der Waals surface area contributed by atoms with Crippen LogP contribution in [0.5, 0.6) is 0 Å². The first-order valence-corrected chi connectivity index (χ1v) is 11.6. The quantitative estimate of drug-likeness (QED) is 0.398. The van der Waals surface area contributed by atoms with Crippen molar-refractivity contribution in [1.29, 1.82) is 0 Å². The van der Waals surface area contributed by atoms with E-state index in [9.17, 15) is 13.2 Å². The van der Waals surface area contributed by atoms with Crippen molar-refractivity contribution in [1.82, 2.24) is 10.1 Å². The number of fused-ring (bicyclic) bond motifs is 1. The number of rotatable bonds is 7. The zero-order valence-corrected chi connectivity index (χ0v) is 18.2. The lowest BCUT2D eigenvalue weighted by Gasteiger charge is -2.08. The van der Waals surface area contributed by atoms with Gasteiger partial charge in [-0.2, -0.15) is 0 Å². The number of hydrogen-bond acceptors (Lipinski definition) is 8. The molecule has 0 aliphatic heterocycles. The predicted octanol–water partition coefficient (Wildman–Crippen LogP) is 3.96. The zero-order valence-electron chi connectivity index (χ0n) is 16.6. The molecular weight excluding hydrogens is 440 g/mol. The molecule has 2 aromatic heterocycles. The van der Waals surface area contributed by atoms with Gasteiger partial charge in [0.2, 0.25) is 11.8 Å². The van der Waals surface area contributed by atoms with Gasteiger partial charge in [0.15, 0.2) is 5.58 Å². The van der Waals surface area contributed by atoms with E-state index >= 15 is 0 Å². The van der Waals surface area contributed by atoms with Gasteiger partial charge in [-0.1, -0.05) is 29.1 Å². The van der Waals surface area contributed by atoms with Crippen LogP contribution in [-0.2, 0) is 14.8 Å². The Morgan fingerprint density at radius 3 is 2.52 bits per heavy atom. The molecule has 9 nitrogen and oxygen atoms in total. The minimum Gasteiger partial charge on any atom is -0.431 e. The van der Waals surface area contributed by atoms with E-state index in [4.69, 9.17) is 8.94 Å². The number of carbonyl (C=O) groups is 1. The predicted molar refractivity (Wildman–Crippen MR) is 117 cm³/mol. The topological polar surface area (TPSA) is 127 Å². The van der Waals surface area contributed by atoms with E-state index in [1.54, 1.807) is 13.8 Å². The first-order chi connectivity index (χ1) is 14.8. The number of thioether (sulfide) groups is 1. The van der Waals surface area contributed by atoms with Crippen molar-refractivity contribution in [2.24, 2.45) is 0 Å². The SMILES string of the molecule is Cc1noc(NS(=O)(=O)c2ccc(NC(=O)CSc3nc4ccccc4o3)cc2)c1C. The molecular formula is C20H18N4O5S2. The lowest BCUT2D eigenvalue weighted by molar-refractivity contribution is -0.113. The number of oxazole rings is 1. The van der Waals surface area contributed by atoms with Crippen molar-refractivity contribution < 1.29 is 22.2 Å². The molecule has 1 amide bonds. The fourth-order valence-corrected chi connectivity index (χ4v) is 4.33. The first kappa shape index (κ1) is 20.9. The summed E-state index contributed by atoms with van der Waals surface area (Å²) in [6, 6.07) is 13.2. The molecule has 0 radical (unpaired) electrons. The van der Waals surface area contributed by atoms with E-state index in [2.05, 4.69) is 20.2 Å². The highest BCUT2D eigenvalue weighted by Gasteiger charge is 2.19. The molecule has 31 heavy (non-hydrogen) atoms. The van der Waals surface area contributed by atoms with Gasteiger partial charge in [-0.05, 0) is 50.2 Å². The Morgan fingerprint density at radius 2 is 1.84 bits per heavy atom. The second-order valence-electron chi connectivity index (χ2n) is 6.64. The van der Waals surface area contributed by atoms with Crippen LogP contribution >= 0.6 is 11.8 Å². The molecule has 0 atom stereocenters. The monoisotopic (exact) mass is 458 g/mol. The summed E-state index contributed by atoms with van der Waals surface area (Å²) in [5, 5.41) is 6.85. The Labute approximate surface area is 182 Å². The smallest absolute Gasteiger partial charge is 0.264 e. The van der Waals surface area contributed by atoms with Crippen LogP contribution in [0.3, 0.4) is 0 Å². The van der Waals surface area contributed by atoms with Gasteiger partial charge in [-0.15, -0.1) is 0 Å². The Hall–Kier alpha value is -3.31. The second-order valence-corrected chi connectivity index (χ2v) is 9.25. The number of nitrogens with one attached hydrogen (secondary N) is 2. The molecule has 0 saturated heterocycles. The highest BCUT2D eigenvalue weighted by atomic mass is 32.2. The number of aromatic nitrogens is 2. The van der Waals surface area contributed by atoms with E-state index in [0.717, 1.165) is 5.52 Å². The Morgan fingerprint density at radius 1 is 1.10 bits per heavy atom. The highest BCUT2D eigenvalue weighted by molar-refractivity contribution is 7.99. The van der Waals surface area contributed by atoms with Crippen LogP contribution in [0.25, 0.3) is 11.1 Å². The molecule has 0 saturated carbocycles. The van der Waals surface area contributed by atoms with E-state index in [1.807, 2.05) is 24.3 Å². The van der Waals surface area contributed by atoms with Crippen LogP contribution in [0.15, 0.2) is 67.6 Å². The summed E-state index contributed by atoms with van der Waals surface area (Å²) in [5.74, 6) is -0.0988. The number of para-hydroxylation sites is 2. The molecule has 0 bridgehead atoms. The normalized spacial score (nSPS) is 11.5. The van der Waals surface area contributed by atoms with Crippen molar-refractivity contribution in [3.05, 3.63) is 59.8 Å². The Kier molecular flexibility index (Phi) is 5.70. The fraction of sp³-hybridized carbons (Fsp3) is 0.150. The molecule has 4 rings (SSSR count). The lowest BCUT2D eigenvalue weighted by Crippen LogP contribution is -2.15. The van der Waals surface area contributed by atoms with Crippen molar-refractivity contribution in [2.45, 2.75) is 24.0 Å². The number of aryl methyl sites for hydroxylation is 1. The number of benzene rings is 2. The van der Waals surface area contributed by atoms with Crippen molar-refractivity contribution in [3.63, 3.8) is 0 Å². The van der Waals surface area contributed by atoms with Gasteiger partial charge >= 0.3 is 0 Å². The molecule has 0 aliphatic carbocycles. The molecule has 2 heterocycles. The molecule has 0 spiro atoms. The Balaban J connectivity index is 1.36. The zero-order chi connectivity index (χ0) is 22.0. The Bertz CT molecular complexity index is 1310. The summed E-state index contributed by atoms with van der Waals surface area (Å²) < 4.78 is 38.0. The maximum atomic E-state index is 12.5. The van der Waals surface area contributed by atoms with E-state index in [0.29, 0.717) is 27.8 Å². The maximum Gasteiger partial charge on any atom is 0.264 e. The van der Waals surface area contributed by atoms with Gasteiger partial charge in [0.25, 0.3) is 15.2 Å². The van der Waals surface area contributed by atoms with Crippen molar-refractivity contribution in [3.8, 4) is 0 Å². The number of anilines is 2. The van der Waals surface area contributed by atoms with Crippen LogP contribution in [0.1, 0.15) is 11.3 Å². The summed E-state index contributed by atoms with van der Waals surface area (Å²) >= 11 is 1.17. The third-order valence-corrected chi connectivity index (χ3v) is 6.61. The summed E-state index contributed by atoms with van der Waals surface area (Å²) in [6.07, 6.45) is 0. The maximum absolute atomic E-state index is 12.5. The van der Waals surface area contributed by atoms with Crippen LogP contribution in [-0.4, -0.2) is 30.2 Å². The minimum absolute atomic E-state index is 0.0276. The van der Waals surface area contributed by atoms with E-state index < -0.39 is 10.0 Å².